The Labute approximate surface area is 114 Å². The Balaban J connectivity index is 1.97. The first-order chi connectivity index (χ1) is 8.87. The fourth-order valence-electron chi connectivity index (χ4n) is 2.35. The minimum absolute atomic E-state index is 0.0547. The minimum Gasteiger partial charge on any atom is -0.352 e. The maximum atomic E-state index is 12.1. The number of sulfone groups is 1. The number of hydrogen-bond acceptors (Lipinski definition) is 3. The molecule has 1 N–H and O–H groups in total. The van der Waals surface area contributed by atoms with Crippen LogP contribution < -0.4 is 5.32 Å². The molecular weight excluding hydrogens is 262 g/mol. The molecule has 1 aromatic carbocycles. The van der Waals surface area contributed by atoms with Gasteiger partial charge >= 0.3 is 0 Å². The highest BCUT2D eigenvalue weighted by Crippen LogP contribution is 2.18. The molecule has 0 saturated carbocycles. The highest BCUT2D eigenvalue weighted by molar-refractivity contribution is 7.91. The first kappa shape index (κ1) is 14.1. The van der Waals surface area contributed by atoms with Gasteiger partial charge in [0.05, 0.1) is 11.5 Å². The summed E-state index contributed by atoms with van der Waals surface area (Å²) in [5.74, 6) is 0.376. The van der Waals surface area contributed by atoms with Gasteiger partial charge in [0.25, 0.3) is 5.91 Å². The quantitative estimate of drug-likeness (QED) is 0.912. The number of nitrogens with one attached hydrogen (secondary N) is 1. The summed E-state index contributed by atoms with van der Waals surface area (Å²) in [4.78, 5) is 12.1. The largest absolute Gasteiger partial charge is 0.352 e. The summed E-state index contributed by atoms with van der Waals surface area (Å²) < 4.78 is 22.7. The molecule has 0 spiro atoms. The highest BCUT2D eigenvalue weighted by Gasteiger charge is 2.28. The van der Waals surface area contributed by atoms with Crippen LogP contribution in [0.5, 0.6) is 0 Å². The van der Waals surface area contributed by atoms with Crippen molar-refractivity contribution in [2.24, 2.45) is 5.92 Å². The number of rotatable bonds is 3. The second kappa shape index (κ2) is 5.33. The topological polar surface area (TPSA) is 63.2 Å². The average molecular weight is 281 g/mol. The van der Waals surface area contributed by atoms with E-state index in [0.717, 1.165) is 11.1 Å². The van der Waals surface area contributed by atoms with Crippen molar-refractivity contribution >= 4 is 15.7 Å². The van der Waals surface area contributed by atoms with E-state index in [1.165, 1.54) is 0 Å². The van der Waals surface area contributed by atoms with E-state index in [1.54, 1.807) is 0 Å². The summed E-state index contributed by atoms with van der Waals surface area (Å²) >= 11 is 0. The molecule has 1 amide bonds. The molecule has 1 atom stereocenters. The van der Waals surface area contributed by atoms with Crippen LogP contribution in [0.1, 0.15) is 27.9 Å². The highest BCUT2D eigenvalue weighted by atomic mass is 32.2. The van der Waals surface area contributed by atoms with Gasteiger partial charge in [-0.1, -0.05) is 17.7 Å². The van der Waals surface area contributed by atoms with Crippen LogP contribution in [0.25, 0.3) is 0 Å². The zero-order chi connectivity index (χ0) is 14.0. The van der Waals surface area contributed by atoms with Crippen LogP contribution in [0.4, 0.5) is 0 Å². The molecule has 0 radical (unpaired) electrons. The van der Waals surface area contributed by atoms with Gasteiger partial charge < -0.3 is 5.32 Å². The van der Waals surface area contributed by atoms with E-state index < -0.39 is 9.84 Å². The number of carbonyl (C=O) groups is 1. The van der Waals surface area contributed by atoms with Crippen molar-refractivity contribution in [2.75, 3.05) is 18.1 Å². The Morgan fingerprint density at radius 1 is 1.37 bits per heavy atom. The zero-order valence-electron chi connectivity index (χ0n) is 11.3. The first-order valence-corrected chi connectivity index (χ1v) is 8.25. The van der Waals surface area contributed by atoms with Crippen LogP contribution in [-0.4, -0.2) is 32.4 Å². The van der Waals surface area contributed by atoms with Gasteiger partial charge in [0, 0.05) is 12.1 Å². The lowest BCUT2D eigenvalue weighted by Crippen LogP contribution is -2.30. The summed E-state index contributed by atoms with van der Waals surface area (Å²) in [6.45, 7) is 4.28. The Hall–Kier alpha value is -1.36. The summed E-state index contributed by atoms with van der Waals surface area (Å²) in [6, 6.07) is 5.75. The molecule has 104 valence electrons. The standard InChI is InChI=1S/C14H19NO3S/c1-10-3-4-11(2)13(7-10)14(16)15-8-12-5-6-19(17,18)9-12/h3-4,7,12H,5-6,8-9H2,1-2H3,(H,15,16). The third kappa shape index (κ3) is 3.56. The van der Waals surface area contributed by atoms with Crippen LogP contribution in [0.3, 0.4) is 0 Å². The van der Waals surface area contributed by atoms with Crippen LogP contribution >= 0.6 is 0 Å². The monoisotopic (exact) mass is 281 g/mol. The third-order valence-corrected chi connectivity index (χ3v) is 5.35. The summed E-state index contributed by atoms with van der Waals surface area (Å²) in [5, 5.41) is 2.84. The van der Waals surface area contributed by atoms with Crippen molar-refractivity contribution in [3.05, 3.63) is 34.9 Å². The van der Waals surface area contributed by atoms with Gasteiger partial charge in [0.2, 0.25) is 0 Å². The maximum absolute atomic E-state index is 12.1. The number of amides is 1. The Morgan fingerprint density at radius 3 is 2.74 bits per heavy atom. The van der Waals surface area contributed by atoms with E-state index in [4.69, 9.17) is 0 Å². The molecule has 1 fully saturated rings. The van der Waals surface area contributed by atoms with Gasteiger partial charge in [-0.3, -0.25) is 4.79 Å². The lowest BCUT2D eigenvalue weighted by Gasteiger charge is -2.11. The molecule has 0 bridgehead atoms. The molecule has 0 aliphatic carbocycles. The maximum Gasteiger partial charge on any atom is 0.251 e. The van der Waals surface area contributed by atoms with Crippen molar-refractivity contribution in [3.8, 4) is 0 Å². The van der Waals surface area contributed by atoms with E-state index in [9.17, 15) is 13.2 Å². The van der Waals surface area contributed by atoms with Gasteiger partial charge in [0.15, 0.2) is 9.84 Å². The molecule has 0 aromatic heterocycles. The van der Waals surface area contributed by atoms with Gasteiger partial charge in [-0.2, -0.15) is 0 Å². The molecule has 1 saturated heterocycles. The van der Waals surface area contributed by atoms with Gasteiger partial charge in [0.1, 0.15) is 0 Å². The molecule has 2 rings (SSSR count). The smallest absolute Gasteiger partial charge is 0.251 e. The number of aryl methyl sites for hydroxylation is 2. The van der Waals surface area contributed by atoms with Crippen molar-refractivity contribution in [1.82, 2.24) is 5.32 Å². The van der Waals surface area contributed by atoms with E-state index in [-0.39, 0.29) is 23.3 Å². The van der Waals surface area contributed by atoms with Crippen LogP contribution in [0, 0.1) is 19.8 Å². The third-order valence-electron chi connectivity index (χ3n) is 3.52. The van der Waals surface area contributed by atoms with E-state index in [2.05, 4.69) is 5.32 Å². The van der Waals surface area contributed by atoms with Crippen LogP contribution in [-0.2, 0) is 9.84 Å². The van der Waals surface area contributed by atoms with Gasteiger partial charge in [-0.25, -0.2) is 8.42 Å². The fourth-order valence-corrected chi connectivity index (χ4v) is 4.21. The van der Waals surface area contributed by atoms with Gasteiger partial charge in [-0.15, -0.1) is 0 Å². The number of benzene rings is 1. The first-order valence-electron chi connectivity index (χ1n) is 6.43. The van der Waals surface area contributed by atoms with Crippen LogP contribution in [0.2, 0.25) is 0 Å². The van der Waals surface area contributed by atoms with Crippen molar-refractivity contribution in [2.45, 2.75) is 20.3 Å². The average Bonchev–Trinajstić information content (AvgIpc) is 2.69. The second-order valence-electron chi connectivity index (χ2n) is 5.30. The van der Waals surface area contributed by atoms with E-state index in [0.29, 0.717) is 18.5 Å². The molecule has 4 nitrogen and oxygen atoms in total. The molecular formula is C14H19NO3S. The summed E-state index contributed by atoms with van der Waals surface area (Å²) in [6.07, 6.45) is 0.648. The summed E-state index contributed by atoms with van der Waals surface area (Å²) in [7, 11) is -2.87. The minimum atomic E-state index is -2.87. The SMILES string of the molecule is Cc1ccc(C)c(C(=O)NCC2CCS(=O)(=O)C2)c1. The second-order valence-corrected chi connectivity index (χ2v) is 7.53. The van der Waals surface area contributed by atoms with Crippen molar-refractivity contribution in [1.29, 1.82) is 0 Å². The van der Waals surface area contributed by atoms with Crippen molar-refractivity contribution < 1.29 is 13.2 Å². The van der Waals surface area contributed by atoms with Crippen LogP contribution in [0.15, 0.2) is 18.2 Å². The molecule has 1 heterocycles. The zero-order valence-corrected chi connectivity index (χ0v) is 12.1. The van der Waals surface area contributed by atoms with E-state index in [1.807, 2.05) is 32.0 Å². The molecule has 1 unspecified atom stereocenters. The number of hydrogen-bond donors (Lipinski definition) is 1. The fraction of sp³-hybridized carbons (Fsp3) is 0.500. The number of carbonyl (C=O) groups excluding carboxylic acids is 1. The predicted molar refractivity (Wildman–Crippen MR) is 75.0 cm³/mol. The van der Waals surface area contributed by atoms with E-state index >= 15 is 0 Å². The lowest BCUT2D eigenvalue weighted by atomic mass is 10.0. The van der Waals surface area contributed by atoms with Crippen molar-refractivity contribution in [3.63, 3.8) is 0 Å². The molecule has 1 aliphatic heterocycles. The normalized spacial score (nSPS) is 21.3. The van der Waals surface area contributed by atoms with Gasteiger partial charge in [-0.05, 0) is 37.8 Å². The molecule has 1 aromatic rings. The summed E-state index contributed by atoms with van der Waals surface area (Å²) in [5.41, 5.74) is 2.64. The Kier molecular flexibility index (Phi) is 3.94. The lowest BCUT2D eigenvalue weighted by molar-refractivity contribution is 0.0947. The predicted octanol–water partition coefficient (Wildman–Crippen LogP) is 1.47. The molecule has 19 heavy (non-hydrogen) atoms. The molecule has 1 aliphatic rings. The Morgan fingerprint density at radius 2 is 2.11 bits per heavy atom. The molecule has 5 heteroatoms. The Bertz CT molecular complexity index is 593.